The first kappa shape index (κ1) is 21.0. The van der Waals surface area contributed by atoms with Gasteiger partial charge in [0, 0.05) is 18.5 Å². The van der Waals surface area contributed by atoms with Crippen LogP contribution in [0.4, 0.5) is 18.0 Å². The van der Waals surface area contributed by atoms with Crippen molar-refractivity contribution >= 4 is 6.09 Å². The van der Waals surface area contributed by atoms with Crippen LogP contribution >= 0.6 is 0 Å². The van der Waals surface area contributed by atoms with Crippen molar-refractivity contribution in [1.82, 2.24) is 20.5 Å². The zero-order chi connectivity index (χ0) is 21.2. The van der Waals surface area contributed by atoms with Gasteiger partial charge in [0.1, 0.15) is 5.60 Å². The van der Waals surface area contributed by atoms with Crippen LogP contribution in [0.1, 0.15) is 44.1 Å². The summed E-state index contributed by atoms with van der Waals surface area (Å²) >= 11 is 0. The maximum absolute atomic E-state index is 13.0. The molecule has 1 amide bonds. The first-order valence-corrected chi connectivity index (χ1v) is 9.36. The highest BCUT2D eigenvalue weighted by Gasteiger charge is 2.42. The van der Waals surface area contributed by atoms with Crippen molar-refractivity contribution in [3.05, 3.63) is 41.2 Å². The van der Waals surface area contributed by atoms with Crippen LogP contribution < -0.4 is 5.32 Å². The fourth-order valence-corrected chi connectivity index (χ4v) is 3.05. The van der Waals surface area contributed by atoms with Gasteiger partial charge in [0.05, 0.1) is 17.3 Å². The maximum atomic E-state index is 13.0. The normalized spacial score (nSPS) is 16.8. The van der Waals surface area contributed by atoms with E-state index < -0.39 is 23.8 Å². The summed E-state index contributed by atoms with van der Waals surface area (Å²) < 4.78 is 44.2. The second-order valence-electron chi connectivity index (χ2n) is 8.06. The van der Waals surface area contributed by atoms with E-state index in [0.717, 1.165) is 5.56 Å². The summed E-state index contributed by atoms with van der Waals surface area (Å²) in [6.45, 7) is 5.63. The van der Waals surface area contributed by atoms with Crippen molar-refractivity contribution in [2.45, 2.75) is 58.4 Å². The van der Waals surface area contributed by atoms with Gasteiger partial charge in [0.25, 0.3) is 0 Å². The van der Waals surface area contributed by atoms with E-state index in [-0.39, 0.29) is 25.8 Å². The van der Waals surface area contributed by atoms with Gasteiger partial charge in [0.15, 0.2) is 5.82 Å². The minimum absolute atomic E-state index is 0.0194. The molecule has 6 nitrogen and oxygen atoms in total. The summed E-state index contributed by atoms with van der Waals surface area (Å²) in [6.07, 6.45) is -4.66. The van der Waals surface area contributed by atoms with Crippen LogP contribution in [0.15, 0.2) is 24.3 Å². The third-order valence-corrected chi connectivity index (χ3v) is 4.52. The number of ether oxygens (including phenoxy) is 1. The van der Waals surface area contributed by atoms with E-state index in [0.29, 0.717) is 22.8 Å². The third kappa shape index (κ3) is 5.65. The first-order valence-electron chi connectivity index (χ1n) is 9.36. The number of amides is 1. The zero-order valence-corrected chi connectivity index (χ0v) is 16.5. The number of aryl methyl sites for hydroxylation is 1. The number of alkyl halides is 3. The van der Waals surface area contributed by atoms with Crippen LogP contribution in [-0.2, 0) is 24.1 Å². The fraction of sp³-hybridized carbons (Fsp3) is 0.500. The van der Waals surface area contributed by atoms with Crippen molar-refractivity contribution in [3.63, 3.8) is 0 Å². The van der Waals surface area contributed by atoms with E-state index in [1.54, 1.807) is 45.0 Å². The van der Waals surface area contributed by atoms with E-state index in [9.17, 15) is 18.0 Å². The summed E-state index contributed by atoms with van der Waals surface area (Å²) in [6, 6.07) is 7.07. The van der Waals surface area contributed by atoms with Crippen molar-refractivity contribution in [2.75, 3.05) is 0 Å². The summed E-state index contributed by atoms with van der Waals surface area (Å²) in [5.74, 6) is -1.10. The molecule has 0 aliphatic heterocycles. The van der Waals surface area contributed by atoms with Crippen molar-refractivity contribution in [1.29, 1.82) is 0 Å². The third-order valence-electron chi connectivity index (χ3n) is 4.52. The SMILES string of the molecule is CC(C)(C)OC(=O)NCc1ccc(-c2nnc3c(n2)CC(C(F)(F)F)CC3)cc1. The summed E-state index contributed by atoms with van der Waals surface area (Å²) in [7, 11) is 0. The van der Waals surface area contributed by atoms with E-state index in [1.807, 2.05) is 0 Å². The molecule has 0 spiro atoms. The highest BCUT2D eigenvalue weighted by molar-refractivity contribution is 5.67. The number of benzene rings is 1. The number of halogens is 3. The van der Waals surface area contributed by atoms with Crippen molar-refractivity contribution in [3.8, 4) is 11.4 Å². The van der Waals surface area contributed by atoms with E-state index in [2.05, 4.69) is 20.5 Å². The average molecular weight is 408 g/mol. The molecule has 9 heteroatoms. The van der Waals surface area contributed by atoms with Gasteiger partial charge in [-0.25, -0.2) is 9.78 Å². The largest absolute Gasteiger partial charge is 0.444 e. The van der Waals surface area contributed by atoms with E-state index >= 15 is 0 Å². The second-order valence-corrected chi connectivity index (χ2v) is 8.06. The van der Waals surface area contributed by atoms with Gasteiger partial charge in [-0.15, -0.1) is 5.10 Å². The molecule has 29 heavy (non-hydrogen) atoms. The van der Waals surface area contributed by atoms with Crippen molar-refractivity contribution in [2.24, 2.45) is 5.92 Å². The summed E-state index contributed by atoms with van der Waals surface area (Å²) in [5, 5.41) is 10.8. The highest BCUT2D eigenvalue weighted by atomic mass is 19.4. The predicted molar refractivity (Wildman–Crippen MR) is 99.9 cm³/mol. The topological polar surface area (TPSA) is 77.0 Å². The average Bonchev–Trinajstić information content (AvgIpc) is 2.64. The van der Waals surface area contributed by atoms with Crippen LogP contribution in [0.5, 0.6) is 0 Å². The zero-order valence-electron chi connectivity index (χ0n) is 16.5. The quantitative estimate of drug-likeness (QED) is 0.823. The van der Waals surface area contributed by atoms with Gasteiger partial charge in [-0.1, -0.05) is 24.3 Å². The van der Waals surface area contributed by atoms with Gasteiger partial charge in [-0.3, -0.25) is 0 Å². The number of carbonyl (C=O) groups excluding carboxylic acids is 1. The Labute approximate surface area is 166 Å². The standard InChI is InChI=1S/C20H23F3N4O2/c1-19(2,3)29-18(28)24-11-12-4-6-13(7-5-12)17-25-16-10-14(20(21,22)23)8-9-15(16)26-27-17/h4-7,14H,8-11H2,1-3H3,(H,24,28). The molecule has 1 aromatic carbocycles. The van der Waals surface area contributed by atoms with Crippen molar-refractivity contribution < 1.29 is 22.7 Å². The Bertz CT molecular complexity index is 877. The lowest BCUT2D eigenvalue weighted by molar-refractivity contribution is -0.177. The Balaban J connectivity index is 1.67. The second kappa shape index (κ2) is 7.96. The van der Waals surface area contributed by atoms with Crippen LogP contribution in [0.3, 0.4) is 0 Å². The summed E-state index contributed by atoms with van der Waals surface area (Å²) in [5.41, 5.74) is 1.81. The molecule has 0 fully saturated rings. The molecule has 0 saturated heterocycles. The highest BCUT2D eigenvalue weighted by Crippen LogP contribution is 2.36. The molecule has 1 heterocycles. The van der Waals surface area contributed by atoms with Gasteiger partial charge in [0.2, 0.25) is 0 Å². The minimum Gasteiger partial charge on any atom is -0.444 e. The molecule has 1 aliphatic carbocycles. The molecule has 1 aliphatic rings. The molecule has 1 unspecified atom stereocenters. The molecule has 156 valence electrons. The monoisotopic (exact) mass is 408 g/mol. The molecule has 3 rings (SSSR count). The number of fused-ring (bicyclic) bond motifs is 1. The van der Waals surface area contributed by atoms with Crippen LogP contribution in [-0.4, -0.2) is 33.1 Å². The lowest BCUT2D eigenvalue weighted by Crippen LogP contribution is -2.32. The van der Waals surface area contributed by atoms with Crippen LogP contribution in [0, 0.1) is 5.92 Å². The molecule has 2 aromatic rings. The molecule has 1 aromatic heterocycles. The Morgan fingerprint density at radius 1 is 1.14 bits per heavy atom. The minimum atomic E-state index is -4.23. The lowest BCUT2D eigenvalue weighted by atomic mass is 9.89. The molecule has 0 bridgehead atoms. The van der Waals surface area contributed by atoms with Gasteiger partial charge in [-0.05, 0) is 39.2 Å². The Morgan fingerprint density at radius 3 is 2.45 bits per heavy atom. The van der Waals surface area contributed by atoms with Crippen LogP contribution in [0.25, 0.3) is 11.4 Å². The molecule has 1 N–H and O–H groups in total. The van der Waals surface area contributed by atoms with E-state index in [4.69, 9.17) is 4.74 Å². The number of carbonyl (C=O) groups is 1. The molecule has 0 saturated carbocycles. The Kier molecular flexibility index (Phi) is 5.77. The molecular weight excluding hydrogens is 385 g/mol. The van der Waals surface area contributed by atoms with Gasteiger partial charge < -0.3 is 10.1 Å². The maximum Gasteiger partial charge on any atom is 0.407 e. The number of aromatic nitrogens is 3. The lowest BCUT2D eigenvalue weighted by Gasteiger charge is -2.24. The van der Waals surface area contributed by atoms with Crippen LogP contribution in [0.2, 0.25) is 0 Å². The first-order chi connectivity index (χ1) is 13.5. The number of nitrogens with one attached hydrogen (secondary N) is 1. The Hall–Kier alpha value is -2.71. The van der Waals surface area contributed by atoms with Gasteiger partial charge >= 0.3 is 12.3 Å². The smallest absolute Gasteiger partial charge is 0.407 e. The van der Waals surface area contributed by atoms with E-state index in [1.165, 1.54) is 0 Å². The summed E-state index contributed by atoms with van der Waals surface area (Å²) in [4.78, 5) is 16.0. The fourth-order valence-electron chi connectivity index (χ4n) is 3.05. The van der Waals surface area contributed by atoms with Gasteiger partial charge in [-0.2, -0.15) is 18.3 Å². The number of hydrogen-bond acceptors (Lipinski definition) is 5. The number of hydrogen-bond donors (Lipinski definition) is 1. The number of alkyl carbamates (subject to hydrolysis) is 1. The molecular formula is C20H23F3N4O2. The number of rotatable bonds is 3. The molecule has 1 atom stereocenters. The number of nitrogens with zero attached hydrogens (tertiary/aromatic N) is 3. The predicted octanol–water partition coefficient (Wildman–Crippen LogP) is 4.23. The molecule has 0 radical (unpaired) electrons. The Morgan fingerprint density at radius 2 is 1.83 bits per heavy atom.